The third kappa shape index (κ3) is 5.93. The van der Waals surface area contributed by atoms with Gasteiger partial charge in [0.15, 0.2) is 5.16 Å². The molecular formula is C27H31N3O4S. The molecule has 35 heavy (non-hydrogen) atoms. The number of piperidine rings is 1. The van der Waals surface area contributed by atoms with E-state index in [1.165, 1.54) is 18.9 Å². The molecule has 0 spiro atoms. The molecule has 1 amide bonds. The van der Waals surface area contributed by atoms with E-state index in [0.717, 1.165) is 25.1 Å². The number of amides is 1. The fraction of sp³-hybridized carbons (Fsp3) is 0.407. The lowest BCUT2D eigenvalue weighted by Gasteiger charge is -2.35. The first kappa shape index (κ1) is 25.0. The molecule has 0 N–H and O–H groups in total. The summed E-state index contributed by atoms with van der Waals surface area (Å²) >= 11 is 1.28. The van der Waals surface area contributed by atoms with Crippen molar-refractivity contribution in [2.24, 2.45) is 11.8 Å². The van der Waals surface area contributed by atoms with Crippen LogP contribution in [0.3, 0.4) is 0 Å². The van der Waals surface area contributed by atoms with Gasteiger partial charge in [0.05, 0.1) is 29.3 Å². The van der Waals surface area contributed by atoms with Gasteiger partial charge in [0, 0.05) is 19.6 Å². The van der Waals surface area contributed by atoms with Crippen LogP contribution in [-0.2, 0) is 22.5 Å². The minimum Gasteiger partial charge on any atom is -0.465 e. The lowest BCUT2D eigenvalue weighted by Crippen LogP contribution is -2.43. The molecule has 2 heterocycles. The van der Waals surface area contributed by atoms with Crippen LogP contribution in [0, 0.1) is 11.8 Å². The number of thioether (sulfide) groups is 1. The first-order valence-electron chi connectivity index (χ1n) is 11.9. The number of ether oxygens (including phenoxy) is 1. The van der Waals surface area contributed by atoms with Gasteiger partial charge in [-0.05, 0) is 48.4 Å². The molecule has 0 saturated carbocycles. The van der Waals surface area contributed by atoms with Crippen LogP contribution < -0.4 is 5.56 Å². The zero-order chi connectivity index (χ0) is 24.9. The Bertz CT molecular complexity index is 1260. The number of rotatable bonds is 7. The second kappa shape index (κ2) is 11.1. The first-order valence-corrected chi connectivity index (χ1v) is 12.9. The second-order valence-electron chi connectivity index (χ2n) is 9.34. The number of methoxy groups -OCH3 is 1. The van der Waals surface area contributed by atoms with Gasteiger partial charge in [0.1, 0.15) is 0 Å². The summed E-state index contributed by atoms with van der Waals surface area (Å²) in [5.74, 6) is 0.735. The van der Waals surface area contributed by atoms with E-state index in [0.29, 0.717) is 46.4 Å². The number of hydrogen-bond acceptors (Lipinski definition) is 6. The van der Waals surface area contributed by atoms with Crippen molar-refractivity contribution >= 4 is 34.5 Å². The average molecular weight is 494 g/mol. The minimum atomic E-state index is -0.486. The molecule has 8 heteroatoms. The fourth-order valence-electron chi connectivity index (χ4n) is 4.72. The summed E-state index contributed by atoms with van der Waals surface area (Å²) in [7, 11) is 1.32. The molecule has 3 aromatic rings. The number of likely N-dealkylation sites (tertiary alicyclic amines) is 1. The Morgan fingerprint density at radius 3 is 2.49 bits per heavy atom. The highest BCUT2D eigenvalue weighted by Gasteiger charge is 2.26. The van der Waals surface area contributed by atoms with Crippen molar-refractivity contribution in [2.45, 2.75) is 38.4 Å². The van der Waals surface area contributed by atoms with Crippen LogP contribution in [-0.4, -0.2) is 52.3 Å². The zero-order valence-corrected chi connectivity index (χ0v) is 21.2. The molecule has 184 valence electrons. The Labute approximate surface area is 209 Å². The van der Waals surface area contributed by atoms with Gasteiger partial charge in [-0.1, -0.05) is 55.9 Å². The molecule has 1 saturated heterocycles. The molecule has 0 bridgehead atoms. The molecular weight excluding hydrogens is 462 g/mol. The summed E-state index contributed by atoms with van der Waals surface area (Å²) in [5.41, 5.74) is 1.68. The first-order chi connectivity index (χ1) is 16.9. The van der Waals surface area contributed by atoms with Crippen LogP contribution >= 0.6 is 11.8 Å². The molecule has 0 aliphatic carbocycles. The predicted octanol–water partition coefficient (Wildman–Crippen LogP) is 4.02. The molecule has 0 radical (unpaired) electrons. The third-order valence-electron chi connectivity index (χ3n) is 6.35. The number of esters is 1. The number of aromatic nitrogens is 2. The van der Waals surface area contributed by atoms with E-state index in [1.807, 2.05) is 35.2 Å². The maximum Gasteiger partial charge on any atom is 0.337 e. The summed E-state index contributed by atoms with van der Waals surface area (Å²) in [6.07, 6.45) is 1.79. The Hall–Kier alpha value is -3.13. The molecule has 7 nitrogen and oxygen atoms in total. The Kier molecular flexibility index (Phi) is 7.90. The van der Waals surface area contributed by atoms with Crippen molar-refractivity contribution in [1.29, 1.82) is 0 Å². The van der Waals surface area contributed by atoms with Crippen LogP contribution in [0.4, 0.5) is 0 Å². The van der Waals surface area contributed by atoms with Gasteiger partial charge in [-0.15, -0.1) is 0 Å². The molecule has 1 aliphatic heterocycles. The number of carbonyl (C=O) groups is 2. The van der Waals surface area contributed by atoms with Crippen LogP contribution in [0.1, 0.15) is 36.2 Å². The number of aryl methyl sites for hydroxylation is 1. The summed E-state index contributed by atoms with van der Waals surface area (Å²) in [6.45, 7) is 6.32. The highest BCUT2D eigenvalue weighted by molar-refractivity contribution is 7.99. The van der Waals surface area contributed by atoms with E-state index < -0.39 is 5.97 Å². The van der Waals surface area contributed by atoms with E-state index in [4.69, 9.17) is 9.72 Å². The van der Waals surface area contributed by atoms with Gasteiger partial charge in [-0.3, -0.25) is 14.2 Å². The standard InChI is InChI=1S/C27H31N3O4S/c1-18-13-19(2)16-29(15-18)24(31)17-35-27-28-23-14-21(26(33)34-3)9-10-22(23)25(32)30(27)12-11-20-7-5-4-6-8-20/h4-10,14,18-19H,11-13,15-17H2,1-3H3. The normalized spacial score (nSPS) is 18.0. The Balaban J connectivity index is 1.64. The maximum atomic E-state index is 13.5. The van der Waals surface area contributed by atoms with Crippen molar-refractivity contribution in [3.63, 3.8) is 0 Å². The number of nitrogens with zero attached hydrogens (tertiary/aromatic N) is 3. The summed E-state index contributed by atoms with van der Waals surface area (Å²) in [5, 5.41) is 0.909. The van der Waals surface area contributed by atoms with E-state index in [1.54, 1.807) is 22.8 Å². The topological polar surface area (TPSA) is 81.5 Å². The average Bonchev–Trinajstić information content (AvgIpc) is 2.86. The van der Waals surface area contributed by atoms with Gasteiger partial charge in [-0.25, -0.2) is 9.78 Å². The van der Waals surface area contributed by atoms with E-state index in [9.17, 15) is 14.4 Å². The third-order valence-corrected chi connectivity index (χ3v) is 7.32. The van der Waals surface area contributed by atoms with Gasteiger partial charge in [-0.2, -0.15) is 0 Å². The number of fused-ring (bicyclic) bond motifs is 1. The summed E-state index contributed by atoms with van der Waals surface area (Å²) in [6, 6.07) is 14.7. The summed E-state index contributed by atoms with van der Waals surface area (Å²) in [4.78, 5) is 45.1. The monoisotopic (exact) mass is 493 g/mol. The predicted molar refractivity (Wildman–Crippen MR) is 138 cm³/mol. The van der Waals surface area contributed by atoms with Crippen LogP contribution in [0.5, 0.6) is 0 Å². The highest BCUT2D eigenvalue weighted by Crippen LogP contribution is 2.24. The van der Waals surface area contributed by atoms with Gasteiger partial charge < -0.3 is 9.64 Å². The smallest absolute Gasteiger partial charge is 0.337 e. The Morgan fingerprint density at radius 2 is 1.80 bits per heavy atom. The molecule has 2 atom stereocenters. The number of carbonyl (C=O) groups excluding carboxylic acids is 2. The highest BCUT2D eigenvalue weighted by atomic mass is 32.2. The Morgan fingerprint density at radius 1 is 1.09 bits per heavy atom. The largest absolute Gasteiger partial charge is 0.465 e. The fourth-order valence-corrected chi connectivity index (χ4v) is 5.65. The van der Waals surface area contributed by atoms with E-state index in [-0.39, 0.29) is 17.2 Å². The molecule has 2 unspecified atom stereocenters. The zero-order valence-electron chi connectivity index (χ0n) is 20.4. The number of benzene rings is 2. The van der Waals surface area contributed by atoms with Crippen molar-refractivity contribution in [3.8, 4) is 0 Å². The van der Waals surface area contributed by atoms with Crippen molar-refractivity contribution in [2.75, 3.05) is 26.0 Å². The summed E-state index contributed by atoms with van der Waals surface area (Å²) < 4.78 is 6.46. The molecule has 1 aliphatic rings. The van der Waals surface area contributed by atoms with Crippen LogP contribution in [0.25, 0.3) is 10.9 Å². The maximum absolute atomic E-state index is 13.5. The van der Waals surface area contributed by atoms with Crippen molar-refractivity contribution in [3.05, 3.63) is 70.0 Å². The molecule has 1 aromatic heterocycles. The molecule has 4 rings (SSSR count). The van der Waals surface area contributed by atoms with Gasteiger partial charge >= 0.3 is 5.97 Å². The lowest BCUT2D eigenvalue weighted by molar-refractivity contribution is -0.130. The van der Waals surface area contributed by atoms with Gasteiger partial charge in [0.2, 0.25) is 5.91 Å². The van der Waals surface area contributed by atoms with Crippen LogP contribution in [0.15, 0.2) is 58.5 Å². The number of hydrogen-bond donors (Lipinski definition) is 0. The lowest BCUT2D eigenvalue weighted by atomic mass is 9.92. The minimum absolute atomic E-state index is 0.0562. The van der Waals surface area contributed by atoms with Gasteiger partial charge in [0.25, 0.3) is 5.56 Å². The van der Waals surface area contributed by atoms with E-state index >= 15 is 0 Å². The van der Waals surface area contributed by atoms with Crippen LogP contribution in [0.2, 0.25) is 0 Å². The quantitative estimate of drug-likeness (QED) is 0.281. The molecule has 1 fully saturated rings. The molecule has 2 aromatic carbocycles. The van der Waals surface area contributed by atoms with Crippen molar-refractivity contribution in [1.82, 2.24) is 14.5 Å². The SMILES string of the molecule is COC(=O)c1ccc2c(=O)n(CCc3ccccc3)c(SCC(=O)N3CC(C)CC(C)C3)nc2c1. The van der Waals surface area contributed by atoms with Crippen molar-refractivity contribution < 1.29 is 14.3 Å². The van der Waals surface area contributed by atoms with E-state index in [2.05, 4.69) is 13.8 Å². The second-order valence-corrected chi connectivity index (χ2v) is 10.3.